The number of carbonyl (C=O) groups is 2. The minimum Gasteiger partial charge on any atom is -0.376 e. The molecule has 4 rings (SSSR count). The Morgan fingerprint density at radius 1 is 1.13 bits per heavy atom. The van der Waals surface area contributed by atoms with Crippen molar-refractivity contribution in [2.75, 3.05) is 31.1 Å². The molecule has 0 spiro atoms. The van der Waals surface area contributed by atoms with Gasteiger partial charge in [0.25, 0.3) is 5.91 Å². The van der Waals surface area contributed by atoms with Gasteiger partial charge in [0.1, 0.15) is 0 Å². The van der Waals surface area contributed by atoms with Gasteiger partial charge < -0.3 is 15.0 Å². The minimum absolute atomic E-state index is 0.0126. The van der Waals surface area contributed by atoms with E-state index in [1.54, 1.807) is 17.0 Å². The lowest BCUT2D eigenvalue weighted by Crippen LogP contribution is -2.49. The number of hydrogen-bond donors (Lipinski definition) is 1. The Bertz CT molecular complexity index is 908. The number of amides is 3. The molecule has 3 amide bonds. The van der Waals surface area contributed by atoms with Gasteiger partial charge in [0.05, 0.1) is 6.10 Å². The molecule has 1 N–H and O–H groups in total. The van der Waals surface area contributed by atoms with Crippen molar-refractivity contribution < 1.29 is 14.3 Å². The number of urea groups is 1. The first kappa shape index (κ1) is 20.4. The fourth-order valence-corrected chi connectivity index (χ4v) is 4.09. The zero-order chi connectivity index (χ0) is 20.9. The molecule has 2 aliphatic heterocycles. The largest absolute Gasteiger partial charge is 0.376 e. The van der Waals surface area contributed by atoms with Crippen molar-refractivity contribution in [2.45, 2.75) is 38.8 Å². The van der Waals surface area contributed by atoms with Gasteiger partial charge in [-0.25, -0.2) is 4.79 Å². The van der Waals surface area contributed by atoms with Crippen LogP contribution in [0.4, 0.5) is 10.5 Å². The molecule has 0 bridgehead atoms. The van der Waals surface area contributed by atoms with Crippen LogP contribution in [-0.2, 0) is 11.3 Å². The number of carbonyl (C=O) groups excluding carboxylic acids is 2. The average molecular weight is 408 g/mol. The topological polar surface area (TPSA) is 61.9 Å². The average Bonchev–Trinajstić information content (AvgIpc) is 3.29. The Balaban J connectivity index is 1.43. The van der Waals surface area contributed by atoms with Crippen molar-refractivity contribution in [1.29, 1.82) is 0 Å². The molecule has 0 aromatic heterocycles. The summed E-state index contributed by atoms with van der Waals surface area (Å²) in [5.41, 5.74) is 3.68. The molecule has 0 saturated carbocycles. The van der Waals surface area contributed by atoms with Crippen LogP contribution >= 0.6 is 0 Å². The molecule has 30 heavy (non-hydrogen) atoms. The Labute approximate surface area is 177 Å². The normalized spacial score (nSPS) is 19.2. The summed E-state index contributed by atoms with van der Waals surface area (Å²) in [6, 6.07) is 15.5. The number of benzene rings is 2. The molecule has 6 nitrogen and oxygen atoms in total. The second-order valence-corrected chi connectivity index (χ2v) is 8.03. The highest BCUT2D eigenvalue weighted by Crippen LogP contribution is 2.23. The van der Waals surface area contributed by atoms with E-state index >= 15 is 0 Å². The van der Waals surface area contributed by atoms with Crippen LogP contribution in [0.1, 0.15) is 40.7 Å². The maximum atomic E-state index is 13.2. The van der Waals surface area contributed by atoms with Gasteiger partial charge in [0.15, 0.2) is 0 Å². The molecule has 2 aliphatic rings. The SMILES string of the molecule is Cc1ccccc1CN1CCCN(c2cccc(C(=O)NC[C@H]3CCCO3)c2)C1=O. The molecule has 0 aliphatic carbocycles. The van der Waals surface area contributed by atoms with E-state index in [2.05, 4.69) is 24.4 Å². The van der Waals surface area contributed by atoms with Crippen molar-refractivity contribution in [2.24, 2.45) is 0 Å². The van der Waals surface area contributed by atoms with Gasteiger partial charge in [-0.05, 0) is 55.5 Å². The summed E-state index contributed by atoms with van der Waals surface area (Å²) in [5.74, 6) is -0.131. The van der Waals surface area contributed by atoms with Crippen molar-refractivity contribution in [3.05, 3.63) is 65.2 Å². The van der Waals surface area contributed by atoms with Gasteiger partial charge in [-0.3, -0.25) is 9.69 Å². The first-order valence-electron chi connectivity index (χ1n) is 10.7. The third kappa shape index (κ3) is 4.65. The second kappa shape index (κ2) is 9.30. The van der Waals surface area contributed by atoms with E-state index in [1.165, 1.54) is 5.56 Å². The Kier molecular flexibility index (Phi) is 6.33. The summed E-state index contributed by atoms with van der Waals surface area (Å²) in [6.45, 7) is 5.36. The quantitative estimate of drug-likeness (QED) is 0.794. The highest BCUT2D eigenvalue weighted by atomic mass is 16.5. The number of aryl methyl sites for hydroxylation is 1. The number of anilines is 1. The fraction of sp³-hybridized carbons (Fsp3) is 0.417. The van der Waals surface area contributed by atoms with Gasteiger partial charge in [0, 0.05) is 44.0 Å². The molecule has 2 aromatic rings. The number of ether oxygens (including phenoxy) is 1. The first-order chi connectivity index (χ1) is 14.6. The summed E-state index contributed by atoms with van der Waals surface area (Å²) in [4.78, 5) is 29.4. The summed E-state index contributed by atoms with van der Waals surface area (Å²) >= 11 is 0. The number of nitrogens with one attached hydrogen (secondary N) is 1. The van der Waals surface area contributed by atoms with Gasteiger partial charge in [0.2, 0.25) is 0 Å². The van der Waals surface area contributed by atoms with Crippen molar-refractivity contribution in [3.63, 3.8) is 0 Å². The van der Waals surface area contributed by atoms with E-state index in [1.807, 2.05) is 29.2 Å². The number of hydrogen-bond acceptors (Lipinski definition) is 3. The van der Waals surface area contributed by atoms with Gasteiger partial charge in [-0.1, -0.05) is 30.3 Å². The molecule has 0 unspecified atom stereocenters. The lowest BCUT2D eigenvalue weighted by molar-refractivity contribution is 0.0857. The number of rotatable bonds is 6. The molecule has 0 radical (unpaired) electrons. The molecule has 2 fully saturated rings. The van der Waals surface area contributed by atoms with E-state index in [0.29, 0.717) is 25.2 Å². The fourth-order valence-electron chi connectivity index (χ4n) is 4.09. The van der Waals surface area contributed by atoms with Crippen LogP contribution in [-0.4, -0.2) is 49.2 Å². The third-order valence-corrected chi connectivity index (χ3v) is 5.87. The van der Waals surface area contributed by atoms with E-state index in [4.69, 9.17) is 4.74 Å². The van der Waals surface area contributed by atoms with Crippen molar-refractivity contribution >= 4 is 17.6 Å². The van der Waals surface area contributed by atoms with Crippen molar-refractivity contribution in [1.82, 2.24) is 10.2 Å². The van der Waals surface area contributed by atoms with Gasteiger partial charge in [-0.2, -0.15) is 0 Å². The van der Waals surface area contributed by atoms with Crippen LogP contribution in [0.5, 0.6) is 0 Å². The zero-order valence-electron chi connectivity index (χ0n) is 17.5. The van der Waals surface area contributed by atoms with Crippen LogP contribution in [0.2, 0.25) is 0 Å². The summed E-state index contributed by atoms with van der Waals surface area (Å²) in [6.07, 6.45) is 3.04. The van der Waals surface area contributed by atoms with Gasteiger partial charge in [-0.15, -0.1) is 0 Å². The highest BCUT2D eigenvalue weighted by molar-refractivity contribution is 5.98. The smallest absolute Gasteiger partial charge is 0.324 e. The van der Waals surface area contributed by atoms with Crippen LogP contribution in [0, 0.1) is 6.92 Å². The van der Waals surface area contributed by atoms with E-state index in [9.17, 15) is 9.59 Å². The summed E-state index contributed by atoms with van der Waals surface area (Å²) in [5, 5.41) is 2.95. The lowest BCUT2D eigenvalue weighted by Gasteiger charge is -2.36. The minimum atomic E-state index is -0.131. The van der Waals surface area contributed by atoms with E-state index < -0.39 is 0 Å². The third-order valence-electron chi connectivity index (χ3n) is 5.87. The van der Waals surface area contributed by atoms with Crippen molar-refractivity contribution in [3.8, 4) is 0 Å². The maximum Gasteiger partial charge on any atom is 0.324 e. The molecule has 2 aromatic carbocycles. The maximum absolute atomic E-state index is 13.2. The van der Waals surface area contributed by atoms with Gasteiger partial charge >= 0.3 is 6.03 Å². The van der Waals surface area contributed by atoms with E-state index in [-0.39, 0.29) is 18.0 Å². The predicted molar refractivity (Wildman–Crippen MR) is 117 cm³/mol. The van der Waals surface area contributed by atoms with Crippen LogP contribution in [0.25, 0.3) is 0 Å². The highest BCUT2D eigenvalue weighted by Gasteiger charge is 2.27. The standard InChI is InChI=1S/C24H29N3O3/c1-18-7-2-3-8-20(18)17-26-12-6-13-27(24(26)29)21-10-4-9-19(15-21)23(28)25-16-22-11-5-14-30-22/h2-4,7-10,15,22H,5-6,11-14,16-17H2,1H3,(H,25,28)/t22-/m1/s1. The zero-order valence-corrected chi connectivity index (χ0v) is 17.5. The molecular weight excluding hydrogens is 378 g/mol. The molecular formula is C24H29N3O3. The lowest BCUT2D eigenvalue weighted by atomic mass is 10.1. The monoisotopic (exact) mass is 407 g/mol. The number of nitrogens with zero attached hydrogens (tertiary/aromatic N) is 2. The Morgan fingerprint density at radius 3 is 2.80 bits per heavy atom. The summed E-state index contributed by atoms with van der Waals surface area (Å²) < 4.78 is 5.57. The molecule has 1 atom stereocenters. The molecule has 6 heteroatoms. The van der Waals surface area contributed by atoms with Crippen LogP contribution in [0.15, 0.2) is 48.5 Å². The van der Waals surface area contributed by atoms with E-state index in [0.717, 1.165) is 43.7 Å². The second-order valence-electron chi connectivity index (χ2n) is 8.03. The van der Waals surface area contributed by atoms with Crippen LogP contribution in [0.3, 0.4) is 0 Å². The Hall–Kier alpha value is -2.86. The molecule has 2 saturated heterocycles. The molecule has 158 valence electrons. The van der Waals surface area contributed by atoms with Crippen LogP contribution < -0.4 is 10.2 Å². The first-order valence-corrected chi connectivity index (χ1v) is 10.7. The Morgan fingerprint density at radius 2 is 2.00 bits per heavy atom. The molecule has 2 heterocycles. The predicted octanol–water partition coefficient (Wildman–Crippen LogP) is 3.74. The summed E-state index contributed by atoms with van der Waals surface area (Å²) in [7, 11) is 0.